The van der Waals surface area contributed by atoms with E-state index in [9.17, 15) is 8.78 Å². The van der Waals surface area contributed by atoms with Crippen LogP contribution in [0.5, 0.6) is 0 Å². The zero-order chi connectivity index (χ0) is 12.5. The Bertz CT molecular complexity index is 391. The van der Waals surface area contributed by atoms with Gasteiger partial charge in [-0.2, -0.15) is 8.78 Å². The Morgan fingerprint density at radius 3 is 2.41 bits per heavy atom. The van der Waals surface area contributed by atoms with Gasteiger partial charge in [0.25, 0.3) is 0 Å². The summed E-state index contributed by atoms with van der Waals surface area (Å²) in [4.78, 5) is 3.62. The molecule has 7 heteroatoms. The first kappa shape index (κ1) is 13.0. The molecule has 1 aliphatic heterocycles. The minimum absolute atomic E-state index is 0.0797. The fourth-order valence-electron chi connectivity index (χ4n) is 1.54. The maximum Gasteiger partial charge on any atom is 0.301 e. The van der Waals surface area contributed by atoms with E-state index in [1.54, 1.807) is 0 Å². The Morgan fingerprint density at radius 2 is 1.88 bits per heavy atom. The molecule has 3 nitrogen and oxygen atoms in total. The van der Waals surface area contributed by atoms with E-state index < -0.39 is 12.0 Å². The van der Waals surface area contributed by atoms with Gasteiger partial charge < -0.3 is 9.47 Å². The van der Waals surface area contributed by atoms with E-state index in [0.717, 1.165) is 12.1 Å². The molecule has 1 aromatic rings. The number of ether oxygens (including phenoxy) is 2. The third-order valence-corrected chi connectivity index (χ3v) is 2.76. The van der Waals surface area contributed by atoms with Gasteiger partial charge in [-0.15, -0.1) is 0 Å². The number of alkyl halides is 2. The molecule has 0 radical (unpaired) electrons. The van der Waals surface area contributed by atoms with Crippen molar-refractivity contribution in [2.45, 2.75) is 12.0 Å². The first-order chi connectivity index (χ1) is 8.00. The van der Waals surface area contributed by atoms with Gasteiger partial charge in [0.1, 0.15) is 16.4 Å². The largest absolute Gasteiger partial charge is 0.376 e. The molecule has 1 aromatic heterocycles. The van der Waals surface area contributed by atoms with Crippen molar-refractivity contribution in [1.82, 2.24) is 4.98 Å². The molecular formula is C10H9Cl2F2NO2. The van der Waals surface area contributed by atoms with Crippen LogP contribution in [0.1, 0.15) is 5.56 Å². The van der Waals surface area contributed by atoms with Crippen LogP contribution in [-0.2, 0) is 15.4 Å². The molecule has 0 bridgehead atoms. The molecule has 94 valence electrons. The Balaban J connectivity index is 2.29. The summed E-state index contributed by atoms with van der Waals surface area (Å²) in [5, 5.41) is -0.159. The van der Waals surface area contributed by atoms with E-state index in [1.807, 2.05) is 0 Å². The minimum atomic E-state index is -3.21. The fourth-order valence-corrected chi connectivity index (χ4v) is 2.00. The van der Waals surface area contributed by atoms with Crippen LogP contribution in [0.3, 0.4) is 0 Å². The van der Waals surface area contributed by atoms with E-state index >= 15 is 0 Å². The molecule has 0 unspecified atom stereocenters. The highest BCUT2D eigenvalue weighted by Gasteiger charge is 2.44. The Kier molecular flexibility index (Phi) is 3.82. The quantitative estimate of drug-likeness (QED) is 0.782. The molecule has 0 N–H and O–H groups in total. The lowest BCUT2D eigenvalue weighted by atomic mass is 10.0. The zero-order valence-corrected chi connectivity index (χ0v) is 10.1. The van der Waals surface area contributed by atoms with Crippen molar-refractivity contribution in [3.05, 3.63) is 28.0 Å². The van der Waals surface area contributed by atoms with Crippen LogP contribution in [0.4, 0.5) is 8.78 Å². The molecule has 0 saturated carbocycles. The molecule has 2 heterocycles. The average molecular weight is 284 g/mol. The van der Waals surface area contributed by atoms with Crippen molar-refractivity contribution in [2.75, 3.05) is 19.8 Å². The molecular weight excluding hydrogens is 275 g/mol. The van der Waals surface area contributed by atoms with Crippen molar-refractivity contribution in [3.8, 4) is 0 Å². The van der Waals surface area contributed by atoms with Crippen LogP contribution >= 0.6 is 23.2 Å². The van der Waals surface area contributed by atoms with Crippen molar-refractivity contribution in [2.24, 2.45) is 0 Å². The molecule has 1 atom stereocenters. The molecule has 0 spiro atoms. The lowest BCUT2D eigenvalue weighted by molar-refractivity contribution is -0.199. The van der Waals surface area contributed by atoms with Gasteiger partial charge in [-0.05, 0) is 12.1 Å². The summed E-state index contributed by atoms with van der Waals surface area (Å²) in [7, 11) is 0. The van der Waals surface area contributed by atoms with E-state index in [-0.39, 0.29) is 29.1 Å². The van der Waals surface area contributed by atoms with E-state index in [0.29, 0.717) is 6.61 Å². The molecule has 0 aliphatic carbocycles. The third-order valence-electron chi connectivity index (χ3n) is 2.37. The maximum absolute atomic E-state index is 14.1. The number of hydrogen-bond donors (Lipinski definition) is 0. The molecule has 17 heavy (non-hydrogen) atoms. The summed E-state index contributed by atoms with van der Waals surface area (Å²) in [5.74, 6) is -3.21. The van der Waals surface area contributed by atoms with Crippen molar-refractivity contribution in [3.63, 3.8) is 0 Å². The average Bonchev–Trinajstić information content (AvgIpc) is 2.29. The number of rotatable bonds is 2. The third kappa shape index (κ3) is 2.85. The molecule has 1 aliphatic rings. The molecule has 1 saturated heterocycles. The van der Waals surface area contributed by atoms with Crippen molar-refractivity contribution >= 4 is 23.2 Å². The second-order valence-electron chi connectivity index (χ2n) is 3.56. The van der Waals surface area contributed by atoms with Crippen LogP contribution in [-0.4, -0.2) is 30.9 Å². The molecule has 0 amide bonds. The van der Waals surface area contributed by atoms with Gasteiger partial charge in [0.15, 0.2) is 0 Å². The Labute approximate surface area is 107 Å². The normalized spacial score (nSPS) is 21.5. The van der Waals surface area contributed by atoms with Gasteiger partial charge in [0, 0.05) is 5.56 Å². The van der Waals surface area contributed by atoms with Crippen LogP contribution in [0.25, 0.3) is 0 Å². The van der Waals surface area contributed by atoms with Gasteiger partial charge >= 0.3 is 5.92 Å². The van der Waals surface area contributed by atoms with Gasteiger partial charge in [-0.25, -0.2) is 4.98 Å². The molecule has 2 rings (SSSR count). The zero-order valence-electron chi connectivity index (χ0n) is 8.63. The first-order valence-corrected chi connectivity index (χ1v) is 5.66. The lowest BCUT2D eigenvalue weighted by Gasteiger charge is -2.30. The summed E-state index contributed by atoms with van der Waals surface area (Å²) in [5.41, 5.74) is -0.321. The predicted molar refractivity (Wildman–Crippen MR) is 58.7 cm³/mol. The second-order valence-corrected chi connectivity index (χ2v) is 4.33. The Morgan fingerprint density at radius 1 is 1.24 bits per heavy atom. The SMILES string of the molecule is FC(F)(c1cc(Cl)nc(Cl)c1)[C@@H]1COCCO1. The highest BCUT2D eigenvalue weighted by molar-refractivity contribution is 6.32. The van der Waals surface area contributed by atoms with Crippen LogP contribution < -0.4 is 0 Å². The lowest BCUT2D eigenvalue weighted by Crippen LogP contribution is -2.41. The number of halogens is 4. The summed E-state index contributed by atoms with van der Waals surface area (Å²) in [6, 6.07) is 2.15. The molecule has 0 aromatic carbocycles. The maximum atomic E-state index is 14.1. The summed E-state index contributed by atoms with van der Waals surface area (Å²) in [6.07, 6.45) is -1.33. The van der Waals surface area contributed by atoms with Gasteiger partial charge in [-0.1, -0.05) is 23.2 Å². The fraction of sp³-hybridized carbons (Fsp3) is 0.500. The number of nitrogens with zero attached hydrogens (tertiary/aromatic N) is 1. The monoisotopic (exact) mass is 283 g/mol. The number of pyridine rings is 1. The van der Waals surface area contributed by atoms with Crippen LogP contribution in [0, 0.1) is 0 Å². The van der Waals surface area contributed by atoms with E-state index in [4.69, 9.17) is 32.7 Å². The topological polar surface area (TPSA) is 31.4 Å². The smallest absolute Gasteiger partial charge is 0.301 e. The summed E-state index contributed by atoms with van der Waals surface area (Å²) < 4.78 is 38.1. The first-order valence-electron chi connectivity index (χ1n) is 4.91. The van der Waals surface area contributed by atoms with Crippen molar-refractivity contribution in [1.29, 1.82) is 0 Å². The molecule has 1 fully saturated rings. The highest BCUT2D eigenvalue weighted by Crippen LogP contribution is 2.36. The standard InChI is InChI=1S/C10H9Cl2F2NO2/c11-8-3-6(4-9(12)15-8)10(13,14)7-5-16-1-2-17-7/h3-4,7H,1-2,5H2/t7-/m0/s1. The number of hydrogen-bond acceptors (Lipinski definition) is 3. The van der Waals surface area contributed by atoms with Crippen LogP contribution in [0.15, 0.2) is 12.1 Å². The van der Waals surface area contributed by atoms with Crippen LogP contribution in [0.2, 0.25) is 10.3 Å². The summed E-state index contributed by atoms with van der Waals surface area (Å²) >= 11 is 11.2. The highest BCUT2D eigenvalue weighted by atomic mass is 35.5. The Hall–Kier alpha value is -0.490. The van der Waals surface area contributed by atoms with Gasteiger partial charge in [0.2, 0.25) is 0 Å². The van der Waals surface area contributed by atoms with Crippen molar-refractivity contribution < 1.29 is 18.3 Å². The predicted octanol–water partition coefficient (Wildman–Crippen LogP) is 2.90. The van der Waals surface area contributed by atoms with E-state index in [2.05, 4.69) is 4.98 Å². The summed E-state index contributed by atoms with van der Waals surface area (Å²) in [6.45, 7) is 0.307. The van der Waals surface area contributed by atoms with E-state index in [1.165, 1.54) is 0 Å². The number of aromatic nitrogens is 1. The minimum Gasteiger partial charge on any atom is -0.376 e. The van der Waals surface area contributed by atoms with Gasteiger partial charge in [-0.3, -0.25) is 0 Å². The second kappa shape index (κ2) is 5.02. The van der Waals surface area contributed by atoms with Gasteiger partial charge in [0.05, 0.1) is 19.8 Å².